The molecule has 4 nitrogen and oxygen atoms in total. The minimum Gasteiger partial charge on any atom is -0.470 e. The summed E-state index contributed by atoms with van der Waals surface area (Å²) in [7, 11) is 0. The molecule has 0 bridgehead atoms. The van der Waals surface area contributed by atoms with Gasteiger partial charge in [-0.3, -0.25) is 0 Å². The van der Waals surface area contributed by atoms with Crippen LogP contribution in [0.5, 0.6) is 5.75 Å². The van der Waals surface area contributed by atoms with E-state index < -0.39 is 11.6 Å². The van der Waals surface area contributed by atoms with E-state index in [1.54, 1.807) is 0 Å². The van der Waals surface area contributed by atoms with Gasteiger partial charge in [-0.25, -0.2) is 0 Å². The molecule has 2 rings (SSSR count). The van der Waals surface area contributed by atoms with Gasteiger partial charge in [-0.15, -0.1) is 0 Å². The molecule has 0 saturated carbocycles. The highest BCUT2D eigenvalue weighted by molar-refractivity contribution is 6.20. The zero-order valence-electron chi connectivity index (χ0n) is 12.8. The number of rotatable bonds is 9. The van der Waals surface area contributed by atoms with Crippen LogP contribution < -0.4 is 15.8 Å². The molecule has 5 heteroatoms. The number of nitrogens with two attached hydrogens (primary N) is 1. The van der Waals surface area contributed by atoms with Gasteiger partial charge in [0.05, 0.1) is 6.04 Å². The summed E-state index contributed by atoms with van der Waals surface area (Å²) in [5, 5.41) is 3.25. The third-order valence-electron chi connectivity index (χ3n) is 3.38. The Kier molecular flexibility index (Phi) is 7.07. The SMILES string of the molecule is NC(C=O)CCNCc1ccc(OC(Cl)c2ccccc2)cc1. The normalized spacial score (nSPS) is 13.3. The maximum atomic E-state index is 10.4. The molecule has 0 saturated heterocycles. The number of alkyl halides is 1. The highest BCUT2D eigenvalue weighted by atomic mass is 35.5. The van der Waals surface area contributed by atoms with Crippen molar-refractivity contribution in [2.75, 3.05) is 6.54 Å². The lowest BCUT2D eigenvalue weighted by Crippen LogP contribution is -2.27. The number of hydrogen-bond donors (Lipinski definition) is 2. The van der Waals surface area contributed by atoms with Crippen molar-refractivity contribution in [2.24, 2.45) is 5.73 Å². The first-order chi connectivity index (χ1) is 11.2. The molecule has 2 aromatic rings. The average Bonchev–Trinajstić information content (AvgIpc) is 2.60. The summed E-state index contributed by atoms with van der Waals surface area (Å²) in [5.41, 5.74) is 7.07. The molecule has 23 heavy (non-hydrogen) atoms. The predicted molar refractivity (Wildman–Crippen MR) is 92.5 cm³/mol. The Morgan fingerprint density at radius 3 is 2.48 bits per heavy atom. The molecule has 0 fully saturated rings. The van der Waals surface area contributed by atoms with Gasteiger partial charge >= 0.3 is 0 Å². The molecule has 0 aliphatic heterocycles. The van der Waals surface area contributed by atoms with Crippen LogP contribution in [0, 0.1) is 0 Å². The van der Waals surface area contributed by atoms with Gasteiger partial charge in [0, 0.05) is 12.1 Å². The molecule has 0 aromatic heterocycles. The van der Waals surface area contributed by atoms with Gasteiger partial charge in [0.25, 0.3) is 0 Å². The van der Waals surface area contributed by atoms with Crippen LogP contribution in [0.1, 0.15) is 23.1 Å². The van der Waals surface area contributed by atoms with Crippen LogP contribution in [0.3, 0.4) is 0 Å². The van der Waals surface area contributed by atoms with Crippen molar-refractivity contribution < 1.29 is 9.53 Å². The molecule has 0 heterocycles. The molecule has 3 N–H and O–H groups in total. The molecule has 0 aliphatic carbocycles. The minimum atomic E-state index is -0.509. The minimum absolute atomic E-state index is 0.392. The van der Waals surface area contributed by atoms with Crippen molar-refractivity contribution in [3.05, 3.63) is 65.7 Å². The van der Waals surface area contributed by atoms with Crippen LogP contribution in [0.25, 0.3) is 0 Å². The Morgan fingerprint density at radius 1 is 1.13 bits per heavy atom. The topological polar surface area (TPSA) is 64.4 Å². The van der Waals surface area contributed by atoms with Gasteiger partial charge in [-0.05, 0) is 30.7 Å². The van der Waals surface area contributed by atoms with E-state index in [1.807, 2.05) is 54.6 Å². The maximum absolute atomic E-state index is 10.4. The molecule has 2 atom stereocenters. The highest BCUT2D eigenvalue weighted by Gasteiger charge is 2.08. The fourth-order valence-corrected chi connectivity index (χ4v) is 2.30. The van der Waals surface area contributed by atoms with Gasteiger partial charge in [-0.2, -0.15) is 0 Å². The van der Waals surface area contributed by atoms with Crippen molar-refractivity contribution >= 4 is 17.9 Å². The van der Waals surface area contributed by atoms with E-state index in [0.29, 0.717) is 13.0 Å². The molecular weight excluding hydrogens is 312 g/mol. The Balaban J connectivity index is 1.79. The fourth-order valence-electron chi connectivity index (χ4n) is 2.05. The quantitative estimate of drug-likeness (QED) is 0.421. The number of nitrogens with one attached hydrogen (secondary N) is 1. The molecule has 0 radical (unpaired) electrons. The Morgan fingerprint density at radius 2 is 1.83 bits per heavy atom. The summed E-state index contributed by atoms with van der Waals surface area (Å²) in [6, 6.07) is 17.0. The summed E-state index contributed by atoms with van der Waals surface area (Å²) in [5.74, 6) is 0.723. The van der Waals surface area contributed by atoms with Crippen LogP contribution in [-0.4, -0.2) is 18.9 Å². The largest absolute Gasteiger partial charge is 0.470 e. The van der Waals surface area contributed by atoms with E-state index in [4.69, 9.17) is 22.1 Å². The lowest BCUT2D eigenvalue weighted by molar-refractivity contribution is -0.109. The lowest BCUT2D eigenvalue weighted by Gasteiger charge is -2.13. The van der Waals surface area contributed by atoms with Gasteiger partial charge in [-0.1, -0.05) is 54.1 Å². The molecule has 0 spiro atoms. The zero-order chi connectivity index (χ0) is 16.5. The smallest absolute Gasteiger partial charge is 0.197 e. The Bertz CT molecular complexity index is 590. The van der Waals surface area contributed by atoms with Gasteiger partial charge < -0.3 is 20.6 Å². The van der Waals surface area contributed by atoms with Crippen LogP contribution in [0.15, 0.2) is 54.6 Å². The second-order valence-corrected chi connectivity index (χ2v) is 5.65. The molecule has 2 unspecified atom stereocenters. The lowest BCUT2D eigenvalue weighted by atomic mass is 10.2. The van der Waals surface area contributed by atoms with E-state index in [-0.39, 0.29) is 0 Å². The van der Waals surface area contributed by atoms with E-state index in [2.05, 4.69) is 5.32 Å². The number of aldehydes is 1. The second kappa shape index (κ2) is 9.30. The summed E-state index contributed by atoms with van der Waals surface area (Å²) >= 11 is 6.25. The third kappa shape index (κ3) is 6.02. The van der Waals surface area contributed by atoms with Gasteiger partial charge in [0.2, 0.25) is 0 Å². The van der Waals surface area contributed by atoms with Crippen LogP contribution >= 0.6 is 11.6 Å². The number of halogens is 1. The molecular formula is C18H21ClN2O2. The first-order valence-electron chi connectivity index (χ1n) is 7.55. The fraction of sp³-hybridized carbons (Fsp3) is 0.278. The van der Waals surface area contributed by atoms with Gasteiger partial charge in [0.15, 0.2) is 5.56 Å². The van der Waals surface area contributed by atoms with E-state index in [1.165, 1.54) is 0 Å². The third-order valence-corrected chi connectivity index (χ3v) is 3.72. The molecule has 2 aromatic carbocycles. The number of carbonyl (C=O) groups excluding carboxylic acids is 1. The van der Waals surface area contributed by atoms with Crippen LogP contribution in [0.2, 0.25) is 0 Å². The second-order valence-electron chi connectivity index (χ2n) is 5.25. The molecule has 122 valence electrons. The average molecular weight is 333 g/mol. The molecule has 0 aliphatic rings. The maximum Gasteiger partial charge on any atom is 0.197 e. The van der Waals surface area contributed by atoms with Crippen molar-refractivity contribution in [1.29, 1.82) is 0 Å². The Labute approximate surface area is 141 Å². The van der Waals surface area contributed by atoms with Crippen molar-refractivity contribution in [2.45, 2.75) is 24.6 Å². The number of benzene rings is 2. The monoisotopic (exact) mass is 332 g/mol. The van der Waals surface area contributed by atoms with Gasteiger partial charge in [0.1, 0.15) is 12.0 Å². The Hall–Kier alpha value is -1.88. The van der Waals surface area contributed by atoms with Crippen LogP contribution in [-0.2, 0) is 11.3 Å². The summed E-state index contributed by atoms with van der Waals surface area (Å²) in [6.45, 7) is 1.42. The highest BCUT2D eigenvalue weighted by Crippen LogP contribution is 2.25. The predicted octanol–water partition coefficient (Wildman–Crippen LogP) is 3.01. The van der Waals surface area contributed by atoms with Crippen molar-refractivity contribution in [3.8, 4) is 5.75 Å². The van der Waals surface area contributed by atoms with Crippen LogP contribution in [0.4, 0.5) is 0 Å². The first kappa shape index (κ1) is 17.5. The van der Waals surface area contributed by atoms with Crippen molar-refractivity contribution in [1.82, 2.24) is 5.32 Å². The summed E-state index contributed by atoms with van der Waals surface area (Å²) < 4.78 is 5.72. The molecule has 0 amide bonds. The summed E-state index contributed by atoms with van der Waals surface area (Å²) in [6.07, 6.45) is 1.40. The van der Waals surface area contributed by atoms with E-state index in [9.17, 15) is 4.79 Å². The summed E-state index contributed by atoms with van der Waals surface area (Å²) in [4.78, 5) is 10.4. The zero-order valence-corrected chi connectivity index (χ0v) is 13.6. The van der Waals surface area contributed by atoms with E-state index >= 15 is 0 Å². The number of hydrogen-bond acceptors (Lipinski definition) is 4. The number of carbonyl (C=O) groups is 1. The number of ether oxygens (including phenoxy) is 1. The first-order valence-corrected chi connectivity index (χ1v) is 7.99. The van der Waals surface area contributed by atoms with E-state index in [0.717, 1.165) is 29.7 Å². The van der Waals surface area contributed by atoms with Crippen molar-refractivity contribution in [3.63, 3.8) is 0 Å². The standard InChI is InChI=1S/C18H21ClN2O2/c19-18(15-4-2-1-3-5-15)23-17-8-6-14(7-9-17)12-21-11-10-16(20)13-22/h1-9,13,16,18,21H,10-12,20H2.